The van der Waals surface area contributed by atoms with Crippen molar-refractivity contribution in [1.82, 2.24) is 24.7 Å². The van der Waals surface area contributed by atoms with Crippen LogP contribution in [0.5, 0.6) is 0 Å². The fraction of sp³-hybridized carbons (Fsp3) is 0.269. The van der Waals surface area contributed by atoms with Gasteiger partial charge in [-0.05, 0) is 63.7 Å². The quantitative estimate of drug-likeness (QED) is 0.383. The highest BCUT2D eigenvalue weighted by molar-refractivity contribution is 6.03. The van der Waals surface area contributed by atoms with Crippen molar-refractivity contribution in [1.29, 1.82) is 0 Å². The van der Waals surface area contributed by atoms with Crippen molar-refractivity contribution in [2.75, 3.05) is 17.7 Å². The van der Waals surface area contributed by atoms with Gasteiger partial charge in [-0.25, -0.2) is 9.97 Å². The van der Waals surface area contributed by atoms with Crippen LogP contribution in [0.3, 0.4) is 0 Å². The Morgan fingerprint density at radius 3 is 2.56 bits per heavy atom. The van der Waals surface area contributed by atoms with E-state index in [2.05, 4.69) is 30.9 Å². The Bertz CT molecular complexity index is 1490. The molecule has 0 bridgehead atoms. The summed E-state index contributed by atoms with van der Waals surface area (Å²) in [4.78, 5) is 39.0. The highest BCUT2D eigenvalue weighted by Crippen LogP contribution is 2.28. The van der Waals surface area contributed by atoms with E-state index in [9.17, 15) is 9.59 Å². The molecule has 5 rings (SSSR count). The SMILES string of the molecule is CNC(C)C(=O)Nc1cc(-c2cccc3nc(C)c(C)n23)cc(NC(=O)c2cc3c(cn2)COC3)n1. The molecule has 1 unspecified atom stereocenters. The summed E-state index contributed by atoms with van der Waals surface area (Å²) in [6.07, 6.45) is 1.66. The molecule has 0 saturated carbocycles. The Morgan fingerprint density at radius 2 is 1.78 bits per heavy atom. The highest BCUT2D eigenvalue weighted by atomic mass is 16.5. The molecule has 4 aromatic rings. The monoisotopic (exact) mass is 485 g/mol. The Hall–Kier alpha value is -4.15. The van der Waals surface area contributed by atoms with Gasteiger partial charge in [0.2, 0.25) is 5.91 Å². The molecule has 1 aliphatic rings. The van der Waals surface area contributed by atoms with Gasteiger partial charge in [-0.1, -0.05) is 6.07 Å². The summed E-state index contributed by atoms with van der Waals surface area (Å²) >= 11 is 0. The minimum atomic E-state index is -0.423. The molecule has 0 spiro atoms. The number of hydrogen-bond donors (Lipinski definition) is 3. The molecule has 10 heteroatoms. The molecule has 2 amide bonds. The van der Waals surface area contributed by atoms with Crippen LogP contribution >= 0.6 is 0 Å². The molecule has 36 heavy (non-hydrogen) atoms. The van der Waals surface area contributed by atoms with Gasteiger partial charge in [0.25, 0.3) is 5.91 Å². The molecule has 0 saturated heterocycles. The number of imidazole rings is 1. The van der Waals surface area contributed by atoms with Crippen LogP contribution in [0.25, 0.3) is 16.9 Å². The fourth-order valence-electron chi connectivity index (χ4n) is 4.11. The number of likely N-dealkylation sites (N-methyl/N-ethyl adjacent to an activating group) is 1. The Morgan fingerprint density at radius 1 is 1.03 bits per heavy atom. The van der Waals surface area contributed by atoms with Crippen molar-refractivity contribution in [2.45, 2.75) is 40.0 Å². The number of aryl methyl sites for hydroxylation is 2. The van der Waals surface area contributed by atoms with E-state index in [1.165, 1.54) is 0 Å². The zero-order valence-electron chi connectivity index (χ0n) is 20.5. The third kappa shape index (κ3) is 4.43. The van der Waals surface area contributed by atoms with Gasteiger partial charge >= 0.3 is 0 Å². The summed E-state index contributed by atoms with van der Waals surface area (Å²) in [5.74, 6) is -0.0395. The van der Waals surface area contributed by atoms with Crippen LogP contribution in [0, 0.1) is 13.8 Å². The number of pyridine rings is 3. The van der Waals surface area contributed by atoms with Crippen LogP contribution in [0.4, 0.5) is 11.6 Å². The number of hydrogen-bond acceptors (Lipinski definition) is 7. The topological polar surface area (TPSA) is 123 Å². The zero-order chi connectivity index (χ0) is 25.4. The van der Waals surface area contributed by atoms with Crippen molar-refractivity contribution in [3.8, 4) is 11.3 Å². The van der Waals surface area contributed by atoms with E-state index in [0.29, 0.717) is 19.0 Å². The Kier molecular flexibility index (Phi) is 6.21. The van der Waals surface area contributed by atoms with E-state index in [4.69, 9.17) is 4.74 Å². The predicted molar refractivity (Wildman–Crippen MR) is 136 cm³/mol. The molecule has 0 aromatic carbocycles. The van der Waals surface area contributed by atoms with Crippen LogP contribution in [0.1, 0.15) is 39.9 Å². The largest absolute Gasteiger partial charge is 0.372 e. The van der Waals surface area contributed by atoms with Crippen LogP contribution in [0.15, 0.2) is 42.6 Å². The molecular formula is C26H27N7O3. The number of aromatic nitrogens is 4. The van der Waals surface area contributed by atoms with Gasteiger partial charge in [0.1, 0.15) is 23.0 Å². The van der Waals surface area contributed by atoms with E-state index < -0.39 is 11.9 Å². The first-order chi connectivity index (χ1) is 17.3. The summed E-state index contributed by atoms with van der Waals surface area (Å²) in [6.45, 7) is 6.68. The van der Waals surface area contributed by atoms with Crippen molar-refractivity contribution in [3.63, 3.8) is 0 Å². The van der Waals surface area contributed by atoms with Gasteiger partial charge in [-0.15, -0.1) is 0 Å². The third-order valence-corrected chi connectivity index (χ3v) is 6.38. The number of amides is 2. The first-order valence-corrected chi connectivity index (χ1v) is 11.7. The Labute approximate surface area is 208 Å². The van der Waals surface area contributed by atoms with Gasteiger partial charge in [-0.3, -0.25) is 19.0 Å². The lowest BCUT2D eigenvalue weighted by atomic mass is 10.1. The van der Waals surface area contributed by atoms with E-state index in [-0.39, 0.29) is 17.4 Å². The fourth-order valence-corrected chi connectivity index (χ4v) is 4.11. The molecule has 1 atom stereocenters. The molecule has 0 aliphatic carbocycles. The molecule has 4 aromatic heterocycles. The number of nitrogens with zero attached hydrogens (tertiary/aromatic N) is 4. The number of carbonyl (C=O) groups excluding carboxylic acids is 2. The van der Waals surface area contributed by atoms with Gasteiger partial charge in [-0.2, -0.15) is 0 Å². The number of rotatable bonds is 6. The summed E-state index contributed by atoms with van der Waals surface area (Å²) in [7, 11) is 1.71. The van der Waals surface area contributed by atoms with Crippen molar-refractivity contribution < 1.29 is 14.3 Å². The van der Waals surface area contributed by atoms with Crippen molar-refractivity contribution >= 4 is 29.1 Å². The van der Waals surface area contributed by atoms with Gasteiger partial charge in [0, 0.05) is 23.0 Å². The minimum absolute atomic E-state index is 0.243. The molecule has 10 nitrogen and oxygen atoms in total. The molecule has 3 N–H and O–H groups in total. The molecule has 5 heterocycles. The third-order valence-electron chi connectivity index (χ3n) is 6.38. The van der Waals surface area contributed by atoms with Crippen LogP contribution in [0.2, 0.25) is 0 Å². The van der Waals surface area contributed by atoms with Gasteiger partial charge in [0.05, 0.1) is 30.6 Å². The van der Waals surface area contributed by atoms with E-state index in [1.807, 2.05) is 36.4 Å². The second kappa shape index (κ2) is 9.48. The van der Waals surface area contributed by atoms with E-state index >= 15 is 0 Å². The summed E-state index contributed by atoms with van der Waals surface area (Å²) < 4.78 is 7.47. The lowest BCUT2D eigenvalue weighted by molar-refractivity contribution is -0.117. The number of fused-ring (bicyclic) bond motifs is 2. The minimum Gasteiger partial charge on any atom is -0.372 e. The van der Waals surface area contributed by atoms with Crippen molar-refractivity contribution in [2.24, 2.45) is 0 Å². The summed E-state index contributed by atoms with van der Waals surface area (Å²) in [6, 6.07) is 10.7. The Balaban J connectivity index is 1.55. The maximum absolute atomic E-state index is 13.1. The molecule has 0 radical (unpaired) electrons. The van der Waals surface area contributed by atoms with E-state index in [0.717, 1.165) is 39.4 Å². The van der Waals surface area contributed by atoms with Crippen LogP contribution in [-0.4, -0.2) is 44.3 Å². The van der Waals surface area contributed by atoms with Crippen LogP contribution in [-0.2, 0) is 22.7 Å². The predicted octanol–water partition coefficient (Wildman–Crippen LogP) is 3.24. The summed E-state index contributed by atoms with van der Waals surface area (Å²) in [5.41, 5.74) is 6.54. The highest BCUT2D eigenvalue weighted by Gasteiger charge is 2.19. The first kappa shape index (κ1) is 23.6. The average molecular weight is 486 g/mol. The molecule has 184 valence electrons. The van der Waals surface area contributed by atoms with Gasteiger partial charge in [0.15, 0.2) is 0 Å². The van der Waals surface area contributed by atoms with Gasteiger partial charge < -0.3 is 20.7 Å². The number of nitrogens with one attached hydrogen (secondary N) is 3. The first-order valence-electron chi connectivity index (χ1n) is 11.7. The summed E-state index contributed by atoms with van der Waals surface area (Å²) in [5, 5.41) is 8.59. The molecule has 1 aliphatic heterocycles. The average Bonchev–Trinajstić information content (AvgIpc) is 3.46. The maximum Gasteiger partial charge on any atom is 0.275 e. The second-order valence-corrected chi connectivity index (χ2v) is 8.80. The standard InChI is InChI=1S/C26H27N7O3/c1-14-16(3)33-21(6-5-7-24(33)29-14)17-9-22(31-25(34)15(2)27-4)30-23(10-17)32-26(35)20-8-18-12-36-13-19(18)11-28-20/h5-11,15,27H,12-13H2,1-4H3,(H2,30,31,32,34,35). The lowest BCUT2D eigenvalue weighted by Gasteiger charge is -2.15. The maximum atomic E-state index is 13.1. The smallest absolute Gasteiger partial charge is 0.275 e. The molecular weight excluding hydrogens is 458 g/mol. The molecule has 0 fully saturated rings. The number of anilines is 2. The van der Waals surface area contributed by atoms with Crippen LogP contribution < -0.4 is 16.0 Å². The second-order valence-electron chi connectivity index (χ2n) is 8.80. The normalized spacial score (nSPS) is 13.4. The van der Waals surface area contributed by atoms with Crippen molar-refractivity contribution in [3.05, 3.63) is 70.8 Å². The number of ether oxygens (including phenoxy) is 1. The zero-order valence-corrected chi connectivity index (χ0v) is 20.5. The number of carbonyl (C=O) groups is 2. The lowest BCUT2D eigenvalue weighted by Crippen LogP contribution is -2.35. The van der Waals surface area contributed by atoms with E-state index in [1.54, 1.807) is 38.4 Å².